The molecule has 1 aliphatic rings. The number of rotatable bonds is 3. The van der Waals surface area contributed by atoms with E-state index < -0.39 is 0 Å². The lowest BCUT2D eigenvalue weighted by molar-refractivity contribution is -0.131. The predicted molar refractivity (Wildman–Crippen MR) is 100 cm³/mol. The average molecular weight is 357 g/mol. The van der Waals surface area contributed by atoms with E-state index in [1.165, 1.54) is 0 Å². The lowest BCUT2D eigenvalue weighted by Gasteiger charge is -2.24. The Bertz CT molecular complexity index is 892. The van der Waals surface area contributed by atoms with Gasteiger partial charge in [-0.1, -0.05) is 41.9 Å². The highest BCUT2D eigenvalue weighted by atomic mass is 35.5. The fourth-order valence-corrected chi connectivity index (χ4v) is 4.64. The van der Waals surface area contributed by atoms with Gasteiger partial charge in [-0.15, -0.1) is 11.8 Å². The average Bonchev–Trinajstić information content (AvgIpc) is 3.22. The smallest absolute Gasteiger partial charge is 0.243 e. The molecular formula is C19H17ClN2OS. The lowest BCUT2D eigenvalue weighted by atomic mass is 10.2. The number of nitrogens with zero attached hydrogens (tertiary/aromatic N) is 2. The van der Waals surface area contributed by atoms with E-state index in [4.69, 9.17) is 11.6 Å². The van der Waals surface area contributed by atoms with Crippen molar-refractivity contribution in [2.24, 2.45) is 0 Å². The van der Waals surface area contributed by atoms with E-state index in [0.717, 1.165) is 28.8 Å². The minimum absolute atomic E-state index is 0.0537. The molecule has 1 saturated heterocycles. The van der Waals surface area contributed by atoms with E-state index in [9.17, 15) is 4.79 Å². The van der Waals surface area contributed by atoms with E-state index >= 15 is 0 Å². The molecule has 0 radical (unpaired) electrons. The van der Waals surface area contributed by atoms with Crippen LogP contribution in [0.5, 0.6) is 0 Å². The summed E-state index contributed by atoms with van der Waals surface area (Å²) >= 11 is 7.91. The van der Waals surface area contributed by atoms with Crippen LogP contribution >= 0.6 is 23.4 Å². The van der Waals surface area contributed by atoms with Crippen molar-refractivity contribution < 1.29 is 4.79 Å². The van der Waals surface area contributed by atoms with Crippen molar-refractivity contribution in [3.8, 4) is 0 Å². The van der Waals surface area contributed by atoms with Crippen LogP contribution in [0.1, 0.15) is 10.9 Å². The Labute approximate surface area is 150 Å². The summed E-state index contributed by atoms with van der Waals surface area (Å²) in [5.74, 6) is 1.10. The van der Waals surface area contributed by atoms with Crippen LogP contribution < -0.4 is 0 Å². The zero-order valence-electron chi connectivity index (χ0n) is 13.1. The van der Waals surface area contributed by atoms with Crippen molar-refractivity contribution in [1.82, 2.24) is 9.47 Å². The molecule has 1 amide bonds. The van der Waals surface area contributed by atoms with Crippen molar-refractivity contribution in [3.05, 3.63) is 71.4 Å². The number of halogens is 1. The van der Waals surface area contributed by atoms with Crippen LogP contribution in [0, 0.1) is 0 Å². The summed E-state index contributed by atoms with van der Waals surface area (Å²) < 4.78 is 2.02. The summed E-state index contributed by atoms with van der Waals surface area (Å²) in [6.07, 6.45) is 1.99. The van der Waals surface area contributed by atoms with Crippen LogP contribution in [0.2, 0.25) is 5.02 Å². The van der Waals surface area contributed by atoms with E-state index in [1.54, 1.807) is 11.8 Å². The number of carbonyl (C=O) groups is 1. The molecule has 3 nitrogen and oxygen atoms in total. The Balaban J connectivity index is 1.57. The number of carbonyl (C=O) groups excluding carboxylic acids is 1. The Morgan fingerprint density at radius 3 is 2.92 bits per heavy atom. The van der Waals surface area contributed by atoms with Crippen LogP contribution in [0.25, 0.3) is 10.9 Å². The van der Waals surface area contributed by atoms with Gasteiger partial charge in [-0.25, -0.2) is 0 Å². The first-order valence-electron chi connectivity index (χ1n) is 7.93. The molecule has 1 atom stereocenters. The molecule has 0 N–H and O–H groups in total. The van der Waals surface area contributed by atoms with Gasteiger partial charge in [0.05, 0.1) is 0 Å². The molecule has 2 aromatic carbocycles. The van der Waals surface area contributed by atoms with Crippen LogP contribution in [-0.4, -0.2) is 27.7 Å². The van der Waals surface area contributed by atoms with Gasteiger partial charge in [-0.3, -0.25) is 4.79 Å². The lowest BCUT2D eigenvalue weighted by Crippen LogP contribution is -2.33. The topological polar surface area (TPSA) is 25.2 Å². The Morgan fingerprint density at radius 2 is 2.04 bits per heavy atom. The minimum Gasteiger partial charge on any atom is -0.338 e. The number of aromatic nitrogens is 1. The zero-order chi connectivity index (χ0) is 16.5. The van der Waals surface area contributed by atoms with Gasteiger partial charge in [0.2, 0.25) is 5.91 Å². The quantitative estimate of drug-likeness (QED) is 0.686. The maximum atomic E-state index is 12.9. The maximum Gasteiger partial charge on any atom is 0.243 e. The molecule has 0 aliphatic carbocycles. The molecule has 2 heterocycles. The Kier molecular flexibility index (Phi) is 4.25. The molecule has 1 fully saturated rings. The molecule has 1 aliphatic heterocycles. The molecule has 122 valence electrons. The van der Waals surface area contributed by atoms with Crippen molar-refractivity contribution in [1.29, 1.82) is 0 Å². The van der Waals surface area contributed by atoms with Gasteiger partial charge in [0, 0.05) is 29.0 Å². The van der Waals surface area contributed by atoms with Gasteiger partial charge < -0.3 is 9.47 Å². The second kappa shape index (κ2) is 6.54. The van der Waals surface area contributed by atoms with Gasteiger partial charge in [-0.05, 0) is 35.2 Å². The largest absolute Gasteiger partial charge is 0.338 e. The van der Waals surface area contributed by atoms with Crippen molar-refractivity contribution in [2.75, 3.05) is 12.3 Å². The van der Waals surface area contributed by atoms with E-state index in [0.29, 0.717) is 11.6 Å². The first kappa shape index (κ1) is 15.6. The SMILES string of the molecule is O=C(Cn1ccc2ccccc21)N1CCSC1c1cccc(Cl)c1. The Morgan fingerprint density at radius 1 is 1.17 bits per heavy atom. The second-order valence-electron chi connectivity index (χ2n) is 5.87. The number of fused-ring (bicyclic) bond motifs is 1. The second-order valence-corrected chi connectivity index (χ2v) is 7.49. The maximum absolute atomic E-state index is 12.9. The number of benzene rings is 2. The van der Waals surface area contributed by atoms with Gasteiger partial charge in [-0.2, -0.15) is 0 Å². The van der Waals surface area contributed by atoms with Gasteiger partial charge in [0.25, 0.3) is 0 Å². The number of hydrogen-bond acceptors (Lipinski definition) is 2. The Hall–Kier alpha value is -1.91. The van der Waals surface area contributed by atoms with Gasteiger partial charge in [0.1, 0.15) is 11.9 Å². The van der Waals surface area contributed by atoms with Crippen LogP contribution in [0.4, 0.5) is 0 Å². The first-order valence-corrected chi connectivity index (χ1v) is 9.35. The third-order valence-corrected chi connectivity index (χ3v) is 5.83. The van der Waals surface area contributed by atoms with Crippen molar-refractivity contribution >= 4 is 40.2 Å². The molecule has 0 bridgehead atoms. The van der Waals surface area contributed by atoms with Crippen LogP contribution in [0.3, 0.4) is 0 Å². The van der Waals surface area contributed by atoms with Gasteiger partial charge in [0.15, 0.2) is 0 Å². The molecule has 1 unspecified atom stereocenters. The molecule has 24 heavy (non-hydrogen) atoms. The standard InChI is InChI=1S/C19H17ClN2OS/c20-16-6-3-5-15(12-16)19-22(10-11-24-19)18(23)13-21-9-8-14-4-1-2-7-17(14)21/h1-9,12,19H,10-11,13H2. The van der Waals surface area contributed by atoms with Gasteiger partial charge >= 0.3 is 0 Å². The first-order chi connectivity index (χ1) is 11.7. The zero-order valence-corrected chi connectivity index (χ0v) is 14.6. The summed E-state index contributed by atoms with van der Waals surface area (Å²) in [6, 6.07) is 18.0. The van der Waals surface area contributed by atoms with Crippen molar-refractivity contribution in [2.45, 2.75) is 11.9 Å². The third-order valence-electron chi connectivity index (χ3n) is 4.33. The highest BCUT2D eigenvalue weighted by Crippen LogP contribution is 2.38. The number of amides is 1. The molecule has 1 aromatic heterocycles. The third kappa shape index (κ3) is 2.92. The fraction of sp³-hybridized carbons (Fsp3) is 0.211. The fourth-order valence-electron chi connectivity index (χ4n) is 3.18. The molecule has 5 heteroatoms. The number of para-hydroxylation sites is 1. The molecule has 0 spiro atoms. The van der Waals surface area contributed by atoms with E-state index in [1.807, 2.05) is 52.1 Å². The van der Waals surface area contributed by atoms with E-state index in [-0.39, 0.29) is 11.3 Å². The highest BCUT2D eigenvalue weighted by Gasteiger charge is 2.30. The number of hydrogen-bond donors (Lipinski definition) is 0. The molecule has 4 rings (SSSR count). The summed E-state index contributed by atoms with van der Waals surface area (Å²) in [7, 11) is 0. The molecule has 0 saturated carbocycles. The molecular weight excluding hydrogens is 340 g/mol. The van der Waals surface area contributed by atoms with Crippen molar-refractivity contribution in [3.63, 3.8) is 0 Å². The van der Waals surface area contributed by atoms with Crippen LogP contribution in [-0.2, 0) is 11.3 Å². The summed E-state index contributed by atoms with van der Waals surface area (Å²) in [4.78, 5) is 14.8. The summed E-state index contributed by atoms with van der Waals surface area (Å²) in [6.45, 7) is 1.14. The van der Waals surface area contributed by atoms with E-state index in [2.05, 4.69) is 18.2 Å². The predicted octanol–water partition coefficient (Wildman–Crippen LogP) is 4.57. The monoisotopic (exact) mass is 356 g/mol. The highest BCUT2D eigenvalue weighted by molar-refractivity contribution is 7.99. The summed E-state index contributed by atoms with van der Waals surface area (Å²) in [5, 5.41) is 1.93. The minimum atomic E-state index is 0.0537. The number of thioether (sulfide) groups is 1. The summed E-state index contributed by atoms with van der Waals surface area (Å²) in [5.41, 5.74) is 2.19. The van der Waals surface area contributed by atoms with Crippen LogP contribution in [0.15, 0.2) is 60.8 Å². The molecule has 3 aromatic rings. The normalized spacial score (nSPS) is 17.5.